The van der Waals surface area contributed by atoms with E-state index in [0.717, 1.165) is 89.9 Å². The van der Waals surface area contributed by atoms with Gasteiger partial charge in [-0.15, -0.1) is 0 Å². The molecule has 0 aromatic heterocycles. The third-order valence-corrected chi connectivity index (χ3v) is 13.1. The Kier molecular flexibility index (Phi) is 57.8. The largest absolute Gasteiger partial charge is 0.462 e. The van der Waals surface area contributed by atoms with Crippen LogP contribution in [-0.2, 0) is 28.6 Å². The number of carbonyl (C=O) groups is 3. The van der Waals surface area contributed by atoms with Gasteiger partial charge in [0.2, 0.25) is 0 Å². The number of hydrogen-bond donors (Lipinski definition) is 0. The van der Waals surface area contributed by atoms with Crippen LogP contribution in [0.5, 0.6) is 0 Å². The molecule has 6 nitrogen and oxygen atoms in total. The van der Waals surface area contributed by atoms with Crippen molar-refractivity contribution in [2.75, 3.05) is 13.2 Å². The lowest BCUT2D eigenvalue weighted by Crippen LogP contribution is -2.30. The van der Waals surface area contributed by atoms with Crippen molar-refractivity contribution in [1.82, 2.24) is 0 Å². The first-order valence-corrected chi connectivity index (χ1v) is 30.7. The molecule has 0 saturated carbocycles. The summed E-state index contributed by atoms with van der Waals surface area (Å²) in [6, 6.07) is 0. The summed E-state index contributed by atoms with van der Waals surface area (Å²) in [7, 11) is 0. The molecule has 0 aromatic carbocycles. The van der Waals surface area contributed by atoms with Gasteiger partial charge < -0.3 is 14.2 Å². The summed E-state index contributed by atoms with van der Waals surface area (Å²) < 4.78 is 16.8. The standard InChI is InChI=1S/C67H114O6/c1-4-7-10-13-16-19-22-25-28-31-33-36-39-42-45-48-51-54-57-60-66(69)72-63-64(62-71-65(68)59-56-53-50-47-44-41-38-35-30-27-24-21-18-15-12-9-6-3)73-67(70)61-58-55-52-49-46-43-40-37-34-32-29-26-23-20-17-14-11-8-5-2/h16,18-19,21,25,27-28,30,33,36,38,41-42,45,47,50,64H,4-15,17,20,22-24,26,29,31-32,34-35,37,39-40,43-44,46,48-49,51-63H2,1-3H3/b19-16-,21-18-,28-25-,30-27-,36-33-,41-38-,45-42-,50-47-/t64-/m1/s1. The minimum atomic E-state index is -0.813. The minimum Gasteiger partial charge on any atom is -0.462 e. The predicted molar refractivity (Wildman–Crippen MR) is 316 cm³/mol. The minimum absolute atomic E-state index is 0.110. The second-order valence-corrected chi connectivity index (χ2v) is 20.3. The average molecular weight is 1020 g/mol. The third kappa shape index (κ3) is 59.1. The summed E-state index contributed by atoms with van der Waals surface area (Å²) in [4.78, 5) is 38.2. The molecule has 0 spiro atoms. The van der Waals surface area contributed by atoms with Crippen LogP contribution in [0.1, 0.15) is 290 Å². The maximum Gasteiger partial charge on any atom is 0.306 e. The van der Waals surface area contributed by atoms with Crippen molar-refractivity contribution >= 4 is 17.9 Å². The van der Waals surface area contributed by atoms with Crippen LogP contribution in [0.25, 0.3) is 0 Å². The first-order valence-electron chi connectivity index (χ1n) is 30.7. The van der Waals surface area contributed by atoms with E-state index >= 15 is 0 Å². The molecule has 0 heterocycles. The maximum absolute atomic E-state index is 12.9. The van der Waals surface area contributed by atoms with Gasteiger partial charge in [0, 0.05) is 19.3 Å². The van der Waals surface area contributed by atoms with Crippen LogP contribution < -0.4 is 0 Å². The van der Waals surface area contributed by atoms with E-state index in [1.165, 1.54) is 154 Å². The number of esters is 3. The Morgan fingerprint density at radius 3 is 0.849 bits per heavy atom. The molecule has 0 aromatic rings. The number of ether oxygens (including phenoxy) is 3. The second-order valence-electron chi connectivity index (χ2n) is 20.3. The molecular weight excluding hydrogens is 901 g/mol. The van der Waals surface area contributed by atoms with Crippen LogP contribution in [0.2, 0.25) is 0 Å². The van der Waals surface area contributed by atoms with Gasteiger partial charge in [0.05, 0.1) is 0 Å². The van der Waals surface area contributed by atoms with Gasteiger partial charge in [-0.05, 0) is 103 Å². The van der Waals surface area contributed by atoms with Gasteiger partial charge in [0.1, 0.15) is 13.2 Å². The Hall–Kier alpha value is -3.67. The number of unbranched alkanes of at least 4 members (excludes halogenated alkanes) is 28. The lowest BCUT2D eigenvalue weighted by molar-refractivity contribution is -0.167. The second kappa shape index (κ2) is 60.9. The van der Waals surface area contributed by atoms with Crippen LogP contribution in [-0.4, -0.2) is 37.2 Å². The van der Waals surface area contributed by atoms with Gasteiger partial charge in [-0.2, -0.15) is 0 Å². The molecule has 73 heavy (non-hydrogen) atoms. The summed E-state index contributed by atoms with van der Waals surface area (Å²) in [5, 5.41) is 0. The molecule has 0 unspecified atom stereocenters. The summed E-state index contributed by atoms with van der Waals surface area (Å²) in [5.74, 6) is -0.986. The SMILES string of the molecule is CCCCC/C=C\C/C=C\C/C=C\C/C=C\CCCCCC(=O)OC[C@@H](COC(=O)CCC/C=C\C/C=C\C/C=C\C/C=C\CCCCC)OC(=O)CCCCCCCCCCCCCCCCCCCCC. The monoisotopic (exact) mass is 1010 g/mol. The van der Waals surface area contributed by atoms with E-state index in [1.54, 1.807) is 0 Å². The molecule has 0 rings (SSSR count). The van der Waals surface area contributed by atoms with Crippen LogP contribution >= 0.6 is 0 Å². The van der Waals surface area contributed by atoms with Crippen molar-refractivity contribution in [3.63, 3.8) is 0 Å². The Morgan fingerprint density at radius 2 is 0.507 bits per heavy atom. The molecule has 0 bridgehead atoms. The van der Waals surface area contributed by atoms with E-state index in [0.29, 0.717) is 19.3 Å². The third-order valence-electron chi connectivity index (χ3n) is 13.1. The lowest BCUT2D eigenvalue weighted by Gasteiger charge is -2.18. The first-order chi connectivity index (χ1) is 36.0. The highest BCUT2D eigenvalue weighted by Gasteiger charge is 2.19. The highest BCUT2D eigenvalue weighted by Crippen LogP contribution is 2.16. The number of hydrogen-bond acceptors (Lipinski definition) is 6. The van der Waals surface area contributed by atoms with E-state index in [4.69, 9.17) is 14.2 Å². The Labute approximate surface area is 451 Å². The van der Waals surface area contributed by atoms with E-state index in [-0.39, 0.29) is 37.5 Å². The van der Waals surface area contributed by atoms with Crippen LogP contribution in [0, 0.1) is 0 Å². The quantitative estimate of drug-likeness (QED) is 0.0261. The zero-order chi connectivity index (χ0) is 52.9. The molecule has 6 heteroatoms. The molecule has 0 aliphatic heterocycles. The van der Waals surface area contributed by atoms with Gasteiger partial charge in [-0.3, -0.25) is 14.4 Å². The molecule has 0 aliphatic carbocycles. The van der Waals surface area contributed by atoms with Crippen molar-refractivity contribution in [3.8, 4) is 0 Å². The van der Waals surface area contributed by atoms with E-state index in [1.807, 2.05) is 0 Å². The van der Waals surface area contributed by atoms with E-state index < -0.39 is 6.10 Å². The highest BCUT2D eigenvalue weighted by molar-refractivity contribution is 5.71. The van der Waals surface area contributed by atoms with Crippen molar-refractivity contribution in [2.45, 2.75) is 297 Å². The fraction of sp³-hybridized carbons (Fsp3) is 0.716. The highest BCUT2D eigenvalue weighted by atomic mass is 16.6. The Morgan fingerprint density at radius 1 is 0.274 bits per heavy atom. The normalized spacial score (nSPS) is 12.8. The maximum atomic E-state index is 12.9. The Balaban J connectivity index is 4.50. The predicted octanol–water partition coefficient (Wildman–Crippen LogP) is 20.9. The average Bonchev–Trinajstić information content (AvgIpc) is 3.39. The van der Waals surface area contributed by atoms with Gasteiger partial charge in [-0.1, -0.05) is 266 Å². The summed E-state index contributed by atoms with van der Waals surface area (Å²) in [5.41, 5.74) is 0. The van der Waals surface area contributed by atoms with Crippen molar-refractivity contribution in [1.29, 1.82) is 0 Å². The molecule has 418 valence electrons. The van der Waals surface area contributed by atoms with E-state index in [2.05, 4.69) is 118 Å². The number of allylic oxidation sites excluding steroid dienone is 16. The van der Waals surface area contributed by atoms with Gasteiger partial charge in [0.25, 0.3) is 0 Å². The van der Waals surface area contributed by atoms with Gasteiger partial charge >= 0.3 is 17.9 Å². The fourth-order valence-electron chi connectivity index (χ4n) is 8.42. The van der Waals surface area contributed by atoms with Crippen LogP contribution in [0.15, 0.2) is 97.2 Å². The zero-order valence-corrected chi connectivity index (χ0v) is 47.9. The van der Waals surface area contributed by atoms with E-state index in [9.17, 15) is 14.4 Å². The first kappa shape index (κ1) is 69.3. The summed E-state index contributed by atoms with van der Waals surface area (Å²) in [6.07, 6.45) is 81.2. The smallest absolute Gasteiger partial charge is 0.306 e. The molecule has 1 atom stereocenters. The molecular formula is C67H114O6. The molecule has 0 aliphatic rings. The van der Waals surface area contributed by atoms with Crippen molar-refractivity contribution in [3.05, 3.63) is 97.2 Å². The van der Waals surface area contributed by atoms with Crippen LogP contribution in [0.3, 0.4) is 0 Å². The number of carbonyl (C=O) groups excluding carboxylic acids is 3. The lowest BCUT2D eigenvalue weighted by atomic mass is 10.0. The number of rotatable bonds is 55. The molecule has 0 amide bonds. The fourth-order valence-corrected chi connectivity index (χ4v) is 8.42. The van der Waals surface area contributed by atoms with Crippen molar-refractivity contribution in [2.24, 2.45) is 0 Å². The van der Waals surface area contributed by atoms with Gasteiger partial charge in [0.15, 0.2) is 6.10 Å². The summed E-state index contributed by atoms with van der Waals surface area (Å²) >= 11 is 0. The molecule has 0 fully saturated rings. The summed E-state index contributed by atoms with van der Waals surface area (Å²) in [6.45, 7) is 6.53. The molecule has 0 N–H and O–H groups in total. The van der Waals surface area contributed by atoms with Crippen molar-refractivity contribution < 1.29 is 28.6 Å². The van der Waals surface area contributed by atoms with Gasteiger partial charge in [-0.25, -0.2) is 0 Å². The zero-order valence-electron chi connectivity index (χ0n) is 47.9. The molecule has 0 radical (unpaired) electrons. The Bertz CT molecular complexity index is 1440. The van der Waals surface area contributed by atoms with Crippen LogP contribution in [0.4, 0.5) is 0 Å². The molecule has 0 saturated heterocycles. The topological polar surface area (TPSA) is 78.9 Å².